The molecular formula is C12H17F3N2. The lowest BCUT2D eigenvalue weighted by molar-refractivity contribution is -0.138. The molecule has 1 atom stereocenters. The summed E-state index contributed by atoms with van der Waals surface area (Å²) in [4.78, 5) is 0. The van der Waals surface area contributed by atoms with Crippen LogP contribution in [-0.4, -0.2) is 13.1 Å². The highest BCUT2D eigenvalue weighted by atomic mass is 19.4. The Morgan fingerprint density at radius 1 is 1.29 bits per heavy atom. The summed E-state index contributed by atoms with van der Waals surface area (Å²) in [7, 11) is 0. The largest absolute Gasteiger partial charge is 0.416 e. The van der Waals surface area contributed by atoms with E-state index in [1.807, 2.05) is 6.92 Å². The van der Waals surface area contributed by atoms with Gasteiger partial charge in [-0.05, 0) is 24.6 Å². The fourth-order valence-electron chi connectivity index (χ4n) is 1.70. The second kappa shape index (κ2) is 6.02. The highest BCUT2D eigenvalue weighted by molar-refractivity contribution is 5.32. The van der Waals surface area contributed by atoms with Crippen molar-refractivity contribution in [1.29, 1.82) is 0 Å². The average molecular weight is 246 g/mol. The molecule has 0 fully saturated rings. The number of hydrogen-bond acceptors (Lipinski definition) is 2. The topological polar surface area (TPSA) is 38.0 Å². The standard InChI is InChI=1S/C12H17F3N2/c1-2-7-17-11(8-16)9-5-3-4-6-10(9)12(13,14)15/h3-6,11,17H,2,7-8,16H2,1H3. The summed E-state index contributed by atoms with van der Waals surface area (Å²) < 4.78 is 38.4. The van der Waals surface area contributed by atoms with Crippen molar-refractivity contribution in [2.75, 3.05) is 13.1 Å². The maximum atomic E-state index is 12.8. The Kier molecular flexibility index (Phi) is 4.96. The minimum atomic E-state index is -4.34. The Bertz CT molecular complexity index is 350. The number of benzene rings is 1. The van der Waals surface area contributed by atoms with Gasteiger partial charge in [-0.1, -0.05) is 25.1 Å². The molecule has 96 valence electrons. The Morgan fingerprint density at radius 3 is 2.47 bits per heavy atom. The molecule has 17 heavy (non-hydrogen) atoms. The zero-order valence-electron chi connectivity index (χ0n) is 9.72. The van der Waals surface area contributed by atoms with Gasteiger partial charge in [-0.15, -0.1) is 0 Å². The molecule has 0 aliphatic heterocycles. The third-order valence-electron chi connectivity index (χ3n) is 2.52. The molecule has 0 saturated carbocycles. The lowest BCUT2D eigenvalue weighted by Crippen LogP contribution is -2.30. The second-order valence-corrected chi connectivity index (χ2v) is 3.83. The highest BCUT2D eigenvalue weighted by Crippen LogP contribution is 2.34. The van der Waals surface area contributed by atoms with E-state index in [9.17, 15) is 13.2 Å². The minimum Gasteiger partial charge on any atom is -0.329 e. The maximum absolute atomic E-state index is 12.8. The smallest absolute Gasteiger partial charge is 0.329 e. The minimum absolute atomic E-state index is 0.146. The first-order valence-corrected chi connectivity index (χ1v) is 5.60. The Balaban J connectivity index is 3.02. The number of halogens is 3. The van der Waals surface area contributed by atoms with Crippen LogP contribution in [0, 0.1) is 0 Å². The Morgan fingerprint density at radius 2 is 1.94 bits per heavy atom. The fourth-order valence-corrected chi connectivity index (χ4v) is 1.70. The Labute approximate surface area is 99.0 Å². The monoisotopic (exact) mass is 246 g/mol. The van der Waals surface area contributed by atoms with Gasteiger partial charge in [0.15, 0.2) is 0 Å². The van der Waals surface area contributed by atoms with Gasteiger partial charge < -0.3 is 11.1 Å². The lowest BCUT2D eigenvalue weighted by Gasteiger charge is -2.21. The van der Waals surface area contributed by atoms with Crippen molar-refractivity contribution in [3.63, 3.8) is 0 Å². The van der Waals surface area contributed by atoms with Crippen LogP contribution < -0.4 is 11.1 Å². The number of rotatable bonds is 5. The van der Waals surface area contributed by atoms with Crippen LogP contribution in [0.15, 0.2) is 24.3 Å². The van der Waals surface area contributed by atoms with Crippen LogP contribution in [0.4, 0.5) is 13.2 Å². The third kappa shape index (κ3) is 3.71. The number of nitrogens with one attached hydrogen (secondary N) is 1. The first-order chi connectivity index (χ1) is 8.00. The van der Waals surface area contributed by atoms with Crippen LogP contribution in [0.5, 0.6) is 0 Å². The van der Waals surface area contributed by atoms with Crippen molar-refractivity contribution in [2.45, 2.75) is 25.6 Å². The lowest BCUT2D eigenvalue weighted by atomic mass is 10.00. The molecule has 0 aliphatic carbocycles. The van der Waals surface area contributed by atoms with E-state index in [4.69, 9.17) is 5.73 Å². The fraction of sp³-hybridized carbons (Fsp3) is 0.500. The van der Waals surface area contributed by atoms with Gasteiger partial charge in [0, 0.05) is 12.6 Å². The molecule has 1 aromatic carbocycles. The molecule has 3 N–H and O–H groups in total. The van der Waals surface area contributed by atoms with Gasteiger partial charge in [-0.25, -0.2) is 0 Å². The van der Waals surface area contributed by atoms with E-state index in [2.05, 4.69) is 5.32 Å². The highest BCUT2D eigenvalue weighted by Gasteiger charge is 2.34. The van der Waals surface area contributed by atoms with Crippen molar-refractivity contribution in [3.8, 4) is 0 Å². The van der Waals surface area contributed by atoms with Crippen LogP contribution in [0.2, 0.25) is 0 Å². The third-order valence-corrected chi connectivity index (χ3v) is 2.52. The molecule has 1 rings (SSSR count). The van der Waals surface area contributed by atoms with Crippen molar-refractivity contribution in [2.24, 2.45) is 5.73 Å². The molecule has 0 heterocycles. The zero-order chi connectivity index (χ0) is 12.9. The molecule has 0 aromatic heterocycles. The van der Waals surface area contributed by atoms with Gasteiger partial charge in [-0.3, -0.25) is 0 Å². The van der Waals surface area contributed by atoms with Crippen LogP contribution in [0.25, 0.3) is 0 Å². The number of nitrogens with two attached hydrogens (primary N) is 1. The summed E-state index contributed by atoms with van der Waals surface area (Å²) in [6.45, 7) is 2.75. The predicted octanol–water partition coefficient (Wildman–Crippen LogP) is 2.70. The first kappa shape index (κ1) is 14.0. The molecule has 5 heteroatoms. The summed E-state index contributed by atoms with van der Waals surface area (Å²) in [6.07, 6.45) is -3.48. The molecule has 0 bridgehead atoms. The second-order valence-electron chi connectivity index (χ2n) is 3.83. The van der Waals surface area contributed by atoms with Crippen LogP contribution >= 0.6 is 0 Å². The molecule has 0 aliphatic rings. The quantitative estimate of drug-likeness (QED) is 0.838. The molecule has 0 radical (unpaired) electrons. The molecule has 1 unspecified atom stereocenters. The summed E-state index contributed by atoms with van der Waals surface area (Å²) >= 11 is 0. The summed E-state index contributed by atoms with van der Waals surface area (Å²) in [5.41, 5.74) is 5.13. The summed E-state index contributed by atoms with van der Waals surface area (Å²) in [6, 6.07) is 5.10. The van der Waals surface area contributed by atoms with E-state index in [1.54, 1.807) is 6.07 Å². The van der Waals surface area contributed by atoms with E-state index in [1.165, 1.54) is 12.1 Å². The first-order valence-electron chi connectivity index (χ1n) is 5.60. The van der Waals surface area contributed by atoms with E-state index in [0.717, 1.165) is 12.5 Å². The number of alkyl halides is 3. The van der Waals surface area contributed by atoms with Gasteiger partial charge in [0.25, 0.3) is 0 Å². The predicted molar refractivity (Wildman–Crippen MR) is 61.5 cm³/mol. The van der Waals surface area contributed by atoms with Crippen LogP contribution in [0.1, 0.15) is 30.5 Å². The molecule has 1 aromatic rings. The van der Waals surface area contributed by atoms with Crippen LogP contribution in [0.3, 0.4) is 0 Å². The van der Waals surface area contributed by atoms with E-state index in [0.29, 0.717) is 6.54 Å². The SMILES string of the molecule is CCCNC(CN)c1ccccc1C(F)(F)F. The van der Waals surface area contributed by atoms with Gasteiger partial charge >= 0.3 is 6.18 Å². The van der Waals surface area contributed by atoms with Crippen molar-refractivity contribution in [1.82, 2.24) is 5.32 Å². The molecule has 0 saturated heterocycles. The molecule has 2 nitrogen and oxygen atoms in total. The maximum Gasteiger partial charge on any atom is 0.416 e. The van der Waals surface area contributed by atoms with E-state index in [-0.39, 0.29) is 12.1 Å². The molecular weight excluding hydrogens is 229 g/mol. The molecule has 0 spiro atoms. The van der Waals surface area contributed by atoms with Gasteiger partial charge in [0.2, 0.25) is 0 Å². The van der Waals surface area contributed by atoms with E-state index >= 15 is 0 Å². The van der Waals surface area contributed by atoms with Gasteiger partial charge in [-0.2, -0.15) is 13.2 Å². The Hall–Kier alpha value is -1.07. The number of hydrogen-bond donors (Lipinski definition) is 2. The van der Waals surface area contributed by atoms with Crippen molar-refractivity contribution >= 4 is 0 Å². The van der Waals surface area contributed by atoms with Crippen molar-refractivity contribution < 1.29 is 13.2 Å². The van der Waals surface area contributed by atoms with Crippen molar-refractivity contribution in [3.05, 3.63) is 35.4 Å². The molecule has 0 amide bonds. The van der Waals surface area contributed by atoms with E-state index < -0.39 is 17.8 Å². The zero-order valence-corrected chi connectivity index (χ0v) is 9.72. The summed E-state index contributed by atoms with van der Waals surface area (Å²) in [5.74, 6) is 0. The normalized spacial score (nSPS) is 13.7. The van der Waals surface area contributed by atoms with Gasteiger partial charge in [0.1, 0.15) is 0 Å². The summed E-state index contributed by atoms with van der Waals surface area (Å²) in [5, 5.41) is 3.02. The van der Waals surface area contributed by atoms with Gasteiger partial charge in [0.05, 0.1) is 5.56 Å². The van der Waals surface area contributed by atoms with Crippen LogP contribution in [-0.2, 0) is 6.18 Å². The average Bonchev–Trinajstić information content (AvgIpc) is 2.29.